The minimum atomic E-state index is -0.634. The molecule has 0 aliphatic heterocycles. The number of ether oxygens (including phenoxy) is 1. The molecule has 0 unspecified atom stereocenters. The van der Waals surface area contributed by atoms with Crippen LogP contribution in [-0.4, -0.2) is 28.3 Å². The van der Waals surface area contributed by atoms with E-state index in [4.69, 9.17) is 10.5 Å². The van der Waals surface area contributed by atoms with Crippen LogP contribution in [0.3, 0.4) is 0 Å². The van der Waals surface area contributed by atoms with Gasteiger partial charge in [0.05, 0.1) is 17.2 Å². The Balaban J connectivity index is 1.65. The molecule has 22 heavy (non-hydrogen) atoms. The summed E-state index contributed by atoms with van der Waals surface area (Å²) >= 11 is 0. The van der Waals surface area contributed by atoms with Gasteiger partial charge in [-0.1, -0.05) is 12.1 Å². The van der Waals surface area contributed by atoms with Crippen molar-refractivity contribution in [2.75, 3.05) is 6.61 Å². The number of amides is 1. The standard InChI is InChI=1S/C16H17N3O3/c1-19-9-13(8-18-19)11-2-4-12(5-3-11)14(20)22-10-16(6-7-16)15(17)21/h2-5,8-9H,6-7,10H2,1H3,(H2,17,21). The maximum Gasteiger partial charge on any atom is 0.338 e. The molecule has 0 bridgehead atoms. The highest BCUT2D eigenvalue weighted by Crippen LogP contribution is 2.45. The van der Waals surface area contributed by atoms with Crippen molar-refractivity contribution in [2.45, 2.75) is 12.8 Å². The molecule has 1 aromatic carbocycles. The van der Waals surface area contributed by atoms with Gasteiger partial charge in [0, 0.05) is 18.8 Å². The van der Waals surface area contributed by atoms with E-state index in [1.165, 1.54) is 0 Å². The van der Waals surface area contributed by atoms with Crippen molar-refractivity contribution < 1.29 is 14.3 Å². The summed E-state index contributed by atoms with van der Waals surface area (Å²) in [5, 5.41) is 4.11. The highest BCUT2D eigenvalue weighted by Gasteiger charge is 2.49. The number of hydrogen-bond acceptors (Lipinski definition) is 4. The van der Waals surface area contributed by atoms with E-state index in [-0.39, 0.29) is 6.61 Å². The van der Waals surface area contributed by atoms with Gasteiger partial charge in [-0.25, -0.2) is 4.79 Å². The van der Waals surface area contributed by atoms with E-state index in [9.17, 15) is 9.59 Å². The summed E-state index contributed by atoms with van der Waals surface area (Å²) in [4.78, 5) is 23.3. The molecule has 1 aliphatic carbocycles. The maximum atomic E-state index is 12.0. The molecule has 1 amide bonds. The third-order valence-corrected chi connectivity index (χ3v) is 4.01. The Morgan fingerprint density at radius 3 is 2.45 bits per heavy atom. The number of primary amides is 1. The quantitative estimate of drug-likeness (QED) is 0.848. The lowest BCUT2D eigenvalue weighted by Crippen LogP contribution is -2.30. The zero-order chi connectivity index (χ0) is 15.7. The van der Waals surface area contributed by atoms with E-state index in [1.54, 1.807) is 23.0 Å². The fraction of sp³-hybridized carbons (Fsp3) is 0.312. The Labute approximate surface area is 127 Å². The molecule has 0 saturated heterocycles. The van der Waals surface area contributed by atoms with Crippen molar-refractivity contribution in [2.24, 2.45) is 18.2 Å². The zero-order valence-electron chi connectivity index (χ0n) is 12.3. The summed E-state index contributed by atoms with van der Waals surface area (Å²) in [6.07, 6.45) is 5.04. The first-order valence-electron chi connectivity index (χ1n) is 7.06. The Hall–Kier alpha value is -2.63. The summed E-state index contributed by atoms with van der Waals surface area (Å²) < 4.78 is 6.93. The molecule has 114 valence electrons. The molecule has 1 heterocycles. The van der Waals surface area contributed by atoms with Crippen LogP contribution in [0.1, 0.15) is 23.2 Å². The van der Waals surface area contributed by atoms with Gasteiger partial charge < -0.3 is 10.5 Å². The molecule has 6 heteroatoms. The second kappa shape index (κ2) is 5.29. The van der Waals surface area contributed by atoms with Crippen LogP contribution in [0.4, 0.5) is 0 Å². The molecular weight excluding hydrogens is 282 g/mol. The largest absolute Gasteiger partial charge is 0.461 e. The lowest BCUT2D eigenvalue weighted by molar-refractivity contribution is -0.124. The number of aryl methyl sites for hydroxylation is 1. The lowest BCUT2D eigenvalue weighted by atomic mass is 10.1. The van der Waals surface area contributed by atoms with E-state index in [0.29, 0.717) is 18.4 Å². The number of nitrogens with two attached hydrogens (primary N) is 1. The van der Waals surface area contributed by atoms with E-state index in [1.807, 2.05) is 25.4 Å². The Morgan fingerprint density at radius 1 is 1.27 bits per heavy atom. The molecule has 1 saturated carbocycles. The highest BCUT2D eigenvalue weighted by atomic mass is 16.5. The molecule has 6 nitrogen and oxygen atoms in total. The van der Waals surface area contributed by atoms with Gasteiger partial charge in [0.1, 0.15) is 6.61 Å². The van der Waals surface area contributed by atoms with Crippen LogP contribution in [0, 0.1) is 5.41 Å². The molecule has 1 aromatic heterocycles. The number of nitrogens with zero attached hydrogens (tertiary/aromatic N) is 2. The molecule has 1 aliphatic rings. The molecule has 2 N–H and O–H groups in total. The van der Waals surface area contributed by atoms with Crippen LogP contribution in [0.5, 0.6) is 0 Å². The number of aromatic nitrogens is 2. The van der Waals surface area contributed by atoms with Gasteiger partial charge in [0.25, 0.3) is 0 Å². The summed E-state index contributed by atoms with van der Waals surface area (Å²) in [5.74, 6) is -0.836. The predicted octanol–water partition coefficient (Wildman–Crippen LogP) is 1.51. The van der Waals surface area contributed by atoms with Gasteiger partial charge in [-0.2, -0.15) is 5.10 Å². The summed E-state index contributed by atoms with van der Waals surface area (Å²) in [6.45, 7) is 0.0610. The van der Waals surface area contributed by atoms with Crippen molar-refractivity contribution in [3.63, 3.8) is 0 Å². The van der Waals surface area contributed by atoms with E-state index >= 15 is 0 Å². The Kier molecular flexibility index (Phi) is 3.44. The van der Waals surface area contributed by atoms with Crippen molar-refractivity contribution in [1.29, 1.82) is 0 Å². The number of esters is 1. The van der Waals surface area contributed by atoms with Gasteiger partial charge in [0.2, 0.25) is 5.91 Å². The average molecular weight is 299 g/mol. The molecule has 0 atom stereocenters. The van der Waals surface area contributed by atoms with E-state index in [2.05, 4.69) is 5.10 Å². The van der Waals surface area contributed by atoms with Crippen molar-refractivity contribution in [3.05, 3.63) is 42.2 Å². The Morgan fingerprint density at radius 2 is 1.95 bits per heavy atom. The van der Waals surface area contributed by atoms with Gasteiger partial charge >= 0.3 is 5.97 Å². The first-order valence-corrected chi connectivity index (χ1v) is 7.06. The van der Waals surface area contributed by atoms with Gasteiger partial charge in [-0.05, 0) is 30.5 Å². The molecule has 0 spiro atoms. The van der Waals surface area contributed by atoms with Crippen molar-refractivity contribution in [1.82, 2.24) is 9.78 Å². The monoisotopic (exact) mass is 299 g/mol. The van der Waals surface area contributed by atoms with Crippen LogP contribution < -0.4 is 5.73 Å². The summed E-state index contributed by atoms with van der Waals surface area (Å²) in [6, 6.07) is 7.09. The second-order valence-corrected chi connectivity index (χ2v) is 5.70. The first-order chi connectivity index (χ1) is 10.5. The minimum Gasteiger partial charge on any atom is -0.461 e. The fourth-order valence-corrected chi connectivity index (χ4v) is 2.27. The third-order valence-electron chi connectivity index (χ3n) is 4.01. The van der Waals surface area contributed by atoms with Crippen molar-refractivity contribution in [3.8, 4) is 11.1 Å². The number of carbonyl (C=O) groups is 2. The van der Waals surface area contributed by atoms with Crippen molar-refractivity contribution >= 4 is 11.9 Å². The third kappa shape index (κ3) is 2.72. The first kappa shape index (κ1) is 14.3. The van der Waals surface area contributed by atoms with E-state index in [0.717, 1.165) is 11.1 Å². The molecule has 2 aromatic rings. The normalized spacial score (nSPS) is 15.3. The van der Waals surface area contributed by atoms with Crippen LogP contribution in [-0.2, 0) is 16.6 Å². The zero-order valence-corrected chi connectivity index (χ0v) is 12.3. The number of carbonyl (C=O) groups excluding carboxylic acids is 2. The molecule has 0 radical (unpaired) electrons. The highest BCUT2D eigenvalue weighted by molar-refractivity contribution is 5.90. The van der Waals surface area contributed by atoms with Crippen LogP contribution in [0.25, 0.3) is 11.1 Å². The van der Waals surface area contributed by atoms with Gasteiger partial charge in [0.15, 0.2) is 0 Å². The minimum absolute atomic E-state index is 0.0610. The van der Waals surface area contributed by atoms with Gasteiger partial charge in [-0.15, -0.1) is 0 Å². The fourth-order valence-electron chi connectivity index (χ4n) is 2.27. The van der Waals surface area contributed by atoms with Gasteiger partial charge in [-0.3, -0.25) is 9.48 Å². The number of rotatable bonds is 5. The van der Waals surface area contributed by atoms with E-state index < -0.39 is 17.3 Å². The molecule has 3 rings (SSSR count). The maximum absolute atomic E-state index is 12.0. The topological polar surface area (TPSA) is 87.2 Å². The van der Waals surface area contributed by atoms with Crippen LogP contribution >= 0.6 is 0 Å². The summed E-state index contributed by atoms with van der Waals surface area (Å²) in [7, 11) is 1.85. The predicted molar refractivity (Wildman–Crippen MR) is 79.8 cm³/mol. The van der Waals surface area contributed by atoms with Crippen LogP contribution in [0.15, 0.2) is 36.7 Å². The molecule has 1 fully saturated rings. The summed E-state index contributed by atoms with van der Waals surface area (Å²) in [5.41, 5.74) is 7.08. The molecular formula is C16H17N3O3. The van der Waals surface area contributed by atoms with Crippen LogP contribution in [0.2, 0.25) is 0 Å². The SMILES string of the molecule is Cn1cc(-c2ccc(C(=O)OCC3(C(N)=O)CC3)cc2)cn1. The smallest absolute Gasteiger partial charge is 0.338 e. The second-order valence-electron chi connectivity index (χ2n) is 5.70. The number of benzene rings is 1. The Bertz CT molecular complexity index is 714. The lowest BCUT2D eigenvalue weighted by Gasteiger charge is -2.11. The number of hydrogen-bond donors (Lipinski definition) is 1. The average Bonchev–Trinajstić information content (AvgIpc) is 3.20.